The van der Waals surface area contributed by atoms with Crippen LogP contribution in [-0.4, -0.2) is 23.7 Å². The zero-order valence-electron chi connectivity index (χ0n) is 18.7. The Bertz CT molecular complexity index is 630. The van der Waals surface area contributed by atoms with Crippen LogP contribution in [0.3, 0.4) is 0 Å². The minimum Gasteiger partial charge on any atom is -0.459 e. The Morgan fingerprint density at radius 1 is 1.04 bits per heavy atom. The minimum atomic E-state index is -0.687. The van der Waals surface area contributed by atoms with E-state index in [4.69, 9.17) is 4.74 Å². The number of carbonyl (C=O) groups is 1. The predicted octanol–water partition coefficient (Wildman–Crippen LogP) is 5.81. The van der Waals surface area contributed by atoms with Crippen molar-refractivity contribution in [2.75, 3.05) is 6.54 Å². The molecule has 1 N–H and O–H groups in total. The van der Waals surface area contributed by atoms with Gasteiger partial charge in [0.15, 0.2) is 0 Å². The summed E-state index contributed by atoms with van der Waals surface area (Å²) in [4.78, 5) is 12.3. The number of nitrogens with one attached hydrogen (secondary N) is 1. The highest BCUT2D eigenvalue weighted by molar-refractivity contribution is 5.80. The molecule has 3 heteroatoms. The molecule has 0 aliphatic heterocycles. The molecular formula is C25H39NO2. The first kappa shape index (κ1) is 25.9. The van der Waals surface area contributed by atoms with E-state index in [1.807, 2.05) is 34.6 Å². The summed E-state index contributed by atoms with van der Waals surface area (Å²) in [5.74, 6) is -0.212. The van der Waals surface area contributed by atoms with Crippen molar-refractivity contribution in [3.05, 3.63) is 72.9 Å². The lowest BCUT2D eigenvalue weighted by molar-refractivity contribution is -0.161. The third-order valence-corrected chi connectivity index (χ3v) is 3.97. The van der Waals surface area contributed by atoms with Crippen molar-refractivity contribution >= 4 is 5.97 Å². The predicted molar refractivity (Wildman–Crippen MR) is 122 cm³/mol. The van der Waals surface area contributed by atoms with E-state index in [0.29, 0.717) is 0 Å². The molecule has 0 radical (unpaired) electrons. The van der Waals surface area contributed by atoms with Gasteiger partial charge in [-0.25, -0.2) is 0 Å². The highest BCUT2D eigenvalue weighted by Gasteiger charge is 2.31. The normalized spacial score (nSPS) is 11.5. The van der Waals surface area contributed by atoms with Crippen LogP contribution in [0.2, 0.25) is 0 Å². The number of esters is 1. The van der Waals surface area contributed by atoms with Crippen LogP contribution >= 0.6 is 0 Å². The molecule has 0 unspecified atom stereocenters. The minimum absolute atomic E-state index is 0.212. The molecule has 0 heterocycles. The quantitative estimate of drug-likeness (QED) is 0.331. The topological polar surface area (TPSA) is 38.3 Å². The first-order valence-corrected chi connectivity index (χ1v) is 9.97. The number of carbonyl (C=O) groups excluding carboxylic acids is 1. The van der Waals surface area contributed by atoms with Crippen LogP contribution in [0.4, 0.5) is 0 Å². The molecule has 0 aromatic heterocycles. The SMILES string of the molecule is C/C=C\CCc1ccccc1CCNC(C)(C)C(=O)OC(C)(C)C.C=CC=C. The second-order valence-electron chi connectivity index (χ2n) is 8.15. The van der Waals surface area contributed by atoms with Crippen molar-refractivity contribution in [1.82, 2.24) is 5.32 Å². The standard InChI is InChI=1S/C21H33NO2.C4H6/c1-7-8-9-12-17-13-10-11-14-18(17)15-16-22-21(5,6)19(23)24-20(2,3)4;1-3-4-2/h7-8,10-11,13-14,22H,9,12,15-16H2,1-6H3;3-4H,1-2H2/b8-7-;. The lowest BCUT2D eigenvalue weighted by Crippen LogP contribution is -2.50. The summed E-state index contributed by atoms with van der Waals surface area (Å²) in [6.07, 6.45) is 10.6. The molecule has 0 fully saturated rings. The van der Waals surface area contributed by atoms with Crippen LogP contribution in [0.5, 0.6) is 0 Å². The van der Waals surface area contributed by atoms with E-state index < -0.39 is 11.1 Å². The van der Waals surface area contributed by atoms with Gasteiger partial charge in [0.05, 0.1) is 0 Å². The van der Waals surface area contributed by atoms with Gasteiger partial charge in [-0.2, -0.15) is 0 Å². The smallest absolute Gasteiger partial charge is 0.326 e. The Morgan fingerprint density at radius 2 is 1.57 bits per heavy atom. The molecule has 28 heavy (non-hydrogen) atoms. The highest BCUT2D eigenvalue weighted by atomic mass is 16.6. The Labute approximate surface area is 172 Å². The monoisotopic (exact) mass is 385 g/mol. The zero-order valence-corrected chi connectivity index (χ0v) is 18.7. The van der Waals surface area contributed by atoms with E-state index in [2.05, 4.69) is 61.8 Å². The van der Waals surface area contributed by atoms with Gasteiger partial charge in [0, 0.05) is 6.54 Å². The second-order valence-corrected chi connectivity index (χ2v) is 8.15. The molecule has 1 aromatic rings. The molecular weight excluding hydrogens is 346 g/mol. The van der Waals surface area contributed by atoms with Crippen molar-refractivity contribution in [2.24, 2.45) is 0 Å². The average molecular weight is 386 g/mol. The molecule has 0 aliphatic carbocycles. The van der Waals surface area contributed by atoms with E-state index in [-0.39, 0.29) is 5.97 Å². The fourth-order valence-corrected chi connectivity index (χ4v) is 2.44. The molecule has 3 nitrogen and oxygen atoms in total. The maximum absolute atomic E-state index is 12.3. The van der Waals surface area contributed by atoms with Gasteiger partial charge in [-0.15, -0.1) is 0 Å². The molecule has 0 amide bonds. The molecule has 1 rings (SSSR count). The van der Waals surface area contributed by atoms with E-state index >= 15 is 0 Å². The van der Waals surface area contributed by atoms with Crippen molar-refractivity contribution < 1.29 is 9.53 Å². The van der Waals surface area contributed by atoms with E-state index in [1.54, 1.807) is 12.2 Å². The third kappa shape index (κ3) is 11.6. The van der Waals surface area contributed by atoms with E-state index in [0.717, 1.165) is 25.8 Å². The molecule has 1 aromatic carbocycles. The van der Waals surface area contributed by atoms with Crippen LogP contribution in [0.25, 0.3) is 0 Å². The summed E-state index contributed by atoms with van der Waals surface area (Å²) >= 11 is 0. The summed E-state index contributed by atoms with van der Waals surface area (Å²) in [6, 6.07) is 8.53. The fourth-order valence-electron chi connectivity index (χ4n) is 2.44. The van der Waals surface area contributed by atoms with E-state index in [1.165, 1.54) is 11.1 Å². The maximum atomic E-state index is 12.3. The van der Waals surface area contributed by atoms with Gasteiger partial charge in [0.25, 0.3) is 0 Å². The van der Waals surface area contributed by atoms with Gasteiger partial charge in [-0.05, 0) is 71.9 Å². The molecule has 0 aliphatic rings. The summed E-state index contributed by atoms with van der Waals surface area (Å²) in [6.45, 7) is 18.9. The molecule has 0 bridgehead atoms. The van der Waals surface area contributed by atoms with Gasteiger partial charge >= 0.3 is 5.97 Å². The second kappa shape index (κ2) is 13.1. The van der Waals surface area contributed by atoms with Crippen LogP contribution in [0, 0.1) is 0 Å². The number of allylic oxidation sites excluding steroid dienone is 4. The van der Waals surface area contributed by atoms with Crippen molar-refractivity contribution in [3.63, 3.8) is 0 Å². The average Bonchev–Trinajstić information content (AvgIpc) is 2.62. The molecule has 0 saturated heterocycles. The Hall–Kier alpha value is -2.13. The molecule has 156 valence electrons. The maximum Gasteiger partial charge on any atom is 0.326 e. The summed E-state index contributed by atoms with van der Waals surface area (Å²) in [7, 11) is 0. The number of aryl methyl sites for hydroxylation is 1. The third-order valence-electron chi connectivity index (χ3n) is 3.97. The number of rotatable bonds is 9. The zero-order chi connectivity index (χ0) is 21.6. The first-order chi connectivity index (χ1) is 13.1. The summed E-state index contributed by atoms with van der Waals surface area (Å²) in [5, 5.41) is 3.34. The van der Waals surface area contributed by atoms with Gasteiger partial charge in [0.2, 0.25) is 0 Å². The number of hydrogen-bond donors (Lipinski definition) is 1. The Morgan fingerprint density at radius 3 is 2.04 bits per heavy atom. The first-order valence-electron chi connectivity index (χ1n) is 9.97. The van der Waals surface area contributed by atoms with Gasteiger partial charge in [-0.3, -0.25) is 4.79 Å². The van der Waals surface area contributed by atoms with Crippen molar-refractivity contribution in [2.45, 2.75) is 71.9 Å². The lowest BCUT2D eigenvalue weighted by Gasteiger charge is -2.29. The van der Waals surface area contributed by atoms with Crippen molar-refractivity contribution in [1.29, 1.82) is 0 Å². The molecule has 0 saturated carbocycles. The Balaban J connectivity index is 0.00000165. The van der Waals surface area contributed by atoms with Gasteiger partial charge in [-0.1, -0.05) is 61.7 Å². The van der Waals surface area contributed by atoms with Crippen LogP contribution in [-0.2, 0) is 22.4 Å². The highest BCUT2D eigenvalue weighted by Crippen LogP contribution is 2.15. The number of hydrogen-bond acceptors (Lipinski definition) is 3. The van der Waals surface area contributed by atoms with Gasteiger partial charge in [0.1, 0.15) is 11.1 Å². The van der Waals surface area contributed by atoms with E-state index in [9.17, 15) is 4.79 Å². The largest absolute Gasteiger partial charge is 0.459 e. The van der Waals surface area contributed by atoms with Crippen molar-refractivity contribution in [3.8, 4) is 0 Å². The summed E-state index contributed by atoms with van der Waals surface area (Å²) in [5.41, 5.74) is 1.57. The number of benzene rings is 1. The summed E-state index contributed by atoms with van der Waals surface area (Å²) < 4.78 is 5.49. The lowest BCUT2D eigenvalue weighted by atomic mass is 9.99. The fraction of sp³-hybridized carbons (Fsp3) is 0.480. The van der Waals surface area contributed by atoms with Crippen LogP contribution in [0.15, 0.2) is 61.7 Å². The van der Waals surface area contributed by atoms with Gasteiger partial charge < -0.3 is 10.1 Å². The number of ether oxygens (including phenoxy) is 1. The molecule has 0 atom stereocenters. The van der Waals surface area contributed by atoms with Crippen LogP contribution in [0.1, 0.15) is 59.1 Å². The molecule has 0 spiro atoms. The van der Waals surface area contributed by atoms with Crippen LogP contribution < -0.4 is 5.32 Å². The Kier molecular flexibility index (Phi) is 12.1.